The van der Waals surface area contributed by atoms with Crippen molar-refractivity contribution in [2.45, 2.75) is 178 Å². The maximum Gasteiger partial charge on any atom is 0.314 e. The molecule has 0 aromatic rings. The summed E-state index contributed by atoms with van der Waals surface area (Å²) in [7, 11) is -7.78. The van der Waals surface area contributed by atoms with Crippen molar-refractivity contribution in [3.8, 4) is 0 Å². The zero-order valence-electron chi connectivity index (χ0n) is 43.4. The Morgan fingerprint density at radius 2 is 0.894 bits per heavy atom. The maximum atomic E-state index is 10.2. The van der Waals surface area contributed by atoms with Gasteiger partial charge in [-0.25, -0.2) is 0 Å². The van der Waals surface area contributed by atoms with Crippen molar-refractivity contribution in [3.05, 3.63) is 0 Å². The minimum Gasteiger partial charge on any atom is -0.437 e. The average Bonchev–Trinajstić information content (AvgIpc) is 3.97. The van der Waals surface area contributed by atoms with Crippen LogP contribution in [0.1, 0.15) is 12.8 Å². The molecule has 1 rings (SSSR count). The highest BCUT2D eigenvalue weighted by molar-refractivity contribution is 6.88. The van der Waals surface area contributed by atoms with E-state index in [9.17, 15) is 30.6 Å². The van der Waals surface area contributed by atoms with Gasteiger partial charge in [-0.3, -0.25) is 0 Å². The molecule has 10 atom stereocenters. The lowest BCUT2D eigenvalue weighted by Gasteiger charge is -2.38. The number of ether oxygens (including phenoxy) is 3. The number of hydrogen-bond donors (Lipinski definition) is 12. The number of nitrogens with zero attached hydrogens (tertiary/aromatic N) is 1. The molecule has 20 nitrogen and oxygen atoms in total. The van der Waals surface area contributed by atoms with E-state index in [1.54, 1.807) is 19.0 Å². The standard InChI is InChI=1S/C20H49NO9Si3.C13H32O4Si3.C7H17NO5/c1-21(13-17(24)19(26)20(27)18(25)14-22)12-16(23)15-28-10-9-11-33(8,29-31(2,3)4)30-32(5,6)7;1-18(2,3)16-20(7,17-19(4,5)6)10-8-9-14-11-13-12-15-13;1-8-2-4(10)6(12)7(13)5(11)3-9/h16-20,22-27H,9-15H2,1-8H3;13H,8-12H2,1-7H3;4-13H,2-3H2,1H3. The minimum absolute atomic E-state index is 0.0422. The van der Waals surface area contributed by atoms with Crippen LogP contribution in [0.5, 0.6) is 0 Å². The first-order valence-electron chi connectivity index (χ1n) is 23.2. The van der Waals surface area contributed by atoms with Crippen LogP contribution in [0.25, 0.3) is 0 Å². The van der Waals surface area contributed by atoms with Crippen molar-refractivity contribution in [3.63, 3.8) is 0 Å². The second kappa shape index (κ2) is 32.5. The molecule has 12 N–H and O–H groups in total. The summed E-state index contributed by atoms with van der Waals surface area (Å²) in [6, 6.07) is 1.84. The molecule has 0 aliphatic carbocycles. The van der Waals surface area contributed by atoms with Gasteiger partial charge in [-0.1, -0.05) is 0 Å². The summed E-state index contributed by atoms with van der Waals surface area (Å²) in [5.74, 6) is 0. The van der Waals surface area contributed by atoms with Crippen molar-refractivity contribution < 1.29 is 86.8 Å². The van der Waals surface area contributed by atoms with Gasteiger partial charge in [-0.05, 0) is 131 Å². The van der Waals surface area contributed by atoms with Crippen molar-refractivity contribution in [2.75, 3.05) is 80.0 Å². The van der Waals surface area contributed by atoms with Gasteiger partial charge in [0.05, 0.1) is 51.3 Å². The maximum absolute atomic E-state index is 10.2. The molecule has 1 fully saturated rings. The SMILES string of the molecule is CN(CC(O)COCCC[Si](C)(O[Si](C)(C)C)O[Si](C)(C)C)CC(O)C(O)C(O)C(O)CO.CNCC(O)C(O)C(O)C(O)CO.C[Si](C)(C)O[Si](C)(CCCOCC1CO1)O[Si](C)(C)C. The quantitative estimate of drug-likeness (QED) is 0.0231. The van der Waals surface area contributed by atoms with Crippen LogP contribution in [-0.2, 0) is 30.7 Å². The van der Waals surface area contributed by atoms with Crippen LogP contribution in [0, 0.1) is 0 Å². The van der Waals surface area contributed by atoms with E-state index in [0.717, 1.165) is 44.8 Å². The lowest BCUT2D eigenvalue weighted by atomic mass is 10.0. The molecule has 66 heavy (non-hydrogen) atoms. The summed E-state index contributed by atoms with van der Waals surface area (Å²) < 4.78 is 42.2. The van der Waals surface area contributed by atoms with Crippen molar-refractivity contribution >= 4 is 50.4 Å². The summed E-state index contributed by atoms with van der Waals surface area (Å²) in [5.41, 5.74) is 0. The highest BCUT2D eigenvalue weighted by atomic mass is 28.5. The van der Waals surface area contributed by atoms with E-state index in [1.165, 1.54) is 0 Å². The van der Waals surface area contributed by atoms with Gasteiger partial charge in [0.25, 0.3) is 0 Å². The van der Waals surface area contributed by atoms with Crippen LogP contribution in [0.15, 0.2) is 0 Å². The Balaban J connectivity index is 0. The first kappa shape index (κ1) is 68.6. The van der Waals surface area contributed by atoms with E-state index in [2.05, 4.69) is 97.0 Å². The molecule has 10 unspecified atom stereocenters. The molecule has 0 radical (unpaired) electrons. The Kier molecular flexibility index (Phi) is 33.8. The summed E-state index contributed by atoms with van der Waals surface area (Å²) in [6.45, 7) is 32.6. The third-order valence-corrected chi connectivity index (χ3v) is 28.3. The predicted octanol–water partition coefficient (Wildman–Crippen LogP) is 0.105. The van der Waals surface area contributed by atoms with Gasteiger partial charge in [-0.15, -0.1) is 0 Å². The first-order valence-corrected chi connectivity index (χ1v) is 41.9. The number of nitrogens with one attached hydrogen (secondary N) is 1. The Bertz CT molecular complexity index is 1200. The number of aliphatic hydroxyl groups excluding tert-OH is 11. The number of likely N-dealkylation sites (N-methyl/N-ethyl adjacent to an activating group) is 2. The van der Waals surface area contributed by atoms with Crippen LogP contribution in [0.4, 0.5) is 0 Å². The third-order valence-electron chi connectivity index (χ3n) is 9.03. The molecule has 0 aromatic carbocycles. The van der Waals surface area contributed by atoms with Crippen molar-refractivity contribution in [1.82, 2.24) is 10.2 Å². The van der Waals surface area contributed by atoms with Crippen LogP contribution >= 0.6 is 0 Å². The minimum atomic E-state index is -2.31. The Morgan fingerprint density at radius 1 is 0.545 bits per heavy atom. The molecule has 0 spiro atoms. The molecule has 1 saturated heterocycles. The van der Waals surface area contributed by atoms with Gasteiger partial charge < -0.3 is 97.1 Å². The summed E-state index contributed by atoms with van der Waals surface area (Å²) >= 11 is 0. The van der Waals surface area contributed by atoms with E-state index >= 15 is 0 Å². The van der Waals surface area contributed by atoms with E-state index in [4.69, 9.17) is 56.2 Å². The fraction of sp³-hybridized carbons (Fsp3) is 1.00. The van der Waals surface area contributed by atoms with Crippen LogP contribution < -0.4 is 5.32 Å². The zero-order chi connectivity index (χ0) is 51.9. The third kappa shape index (κ3) is 36.4. The Morgan fingerprint density at radius 3 is 1.23 bits per heavy atom. The van der Waals surface area contributed by atoms with Crippen LogP contribution in [0.2, 0.25) is 104 Å². The number of rotatable bonds is 34. The van der Waals surface area contributed by atoms with Crippen molar-refractivity contribution in [1.29, 1.82) is 0 Å². The molecule has 1 heterocycles. The second-order valence-electron chi connectivity index (χ2n) is 21.5. The van der Waals surface area contributed by atoms with Crippen LogP contribution in [-0.4, -0.2) is 252 Å². The summed E-state index contributed by atoms with van der Waals surface area (Å²) in [6.07, 6.45) is -10.5. The van der Waals surface area contributed by atoms with Crippen molar-refractivity contribution in [2.24, 2.45) is 0 Å². The van der Waals surface area contributed by atoms with E-state index in [0.29, 0.717) is 12.7 Å². The molecular formula is C40H98N2O18Si6. The van der Waals surface area contributed by atoms with E-state index in [1.807, 2.05) is 0 Å². The Hall–Kier alpha value is 0.501. The summed E-state index contributed by atoms with van der Waals surface area (Å²) in [5, 5.41) is 105. The van der Waals surface area contributed by atoms with Gasteiger partial charge in [0.1, 0.15) is 42.7 Å². The average molecular weight is 1060 g/mol. The van der Waals surface area contributed by atoms with Gasteiger partial charge in [0.2, 0.25) is 0 Å². The molecule has 0 amide bonds. The van der Waals surface area contributed by atoms with Gasteiger partial charge >= 0.3 is 17.1 Å². The zero-order valence-corrected chi connectivity index (χ0v) is 49.4. The molecule has 0 bridgehead atoms. The molecule has 0 saturated carbocycles. The lowest BCUT2D eigenvalue weighted by Crippen LogP contribution is -2.52. The molecule has 0 aromatic heterocycles. The normalized spacial score (nSPS) is 19.4. The molecular weight excluding hydrogens is 965 g/mol. The van der Waals surface area contributed by atoms with Gasteiger partial charge in [0, 0.05) is 32.8 Å². The van der Waals surface area contributed by atoms with Gasteiger partial charge in [-0.2, -0.15) is 0 Å². The molecule has 400 valence electrons. The highest BCUT2D eigenvalue weighted by Gasteiger charge is 2.41. The van der Waals surface area contributed by atoms with E-state index in [-0.39, 0.29) is 26.2 Å². The molecule has 1 aliphatic rings. The topological polar surface area (TPSA) is 306 Å². The van der Waals surface area contributed by atoms with Gasteiger partial charge in [0.15, 0.2) is 33.3 Å². The number of hydrogen-bond acceptors (Lipinski definition) is 20. The second-order valence-corrected chi connectivity index (χ2v) is 47.2. The fourth-order valence-electron chi connectivity index (χ4n) is 6.80. The number of aliphatic hydroxyl groups is 11. The number of epoxide rings is 1. The lowest BCUT2D eigenvalue weighted by molar-refractivity contribution is -0.119. The first-order chi connectivity index (χ1) is 29.9. The van der Waals surface area contributed by atoms with Crippen LogP contribution in [0.3, 0.4) is 0 Å². The monoisotopic (exact) mass is 1060 g/mol. The Labute approximate surface area is 403 Å². The van der Waals surface area contributed by atoms with E-state index < -0.39 is 119 Å². The smallest absolute Gasteiger partial charge is 0.314 e. The molecule has 1 aliphatic heterocycles. The largest absolute Gasteiger partial charge is 0.437 e. The predicted molar refractivity (Wildman–Crippen MR) is 271 cm³/mol. The highest BCUT2D eigenvalue weighted by Crippen LogP contribution is 2.27. The molecule has 26 heteroatoms. The fourth-order valence-corrected chi connectivity index (χ4v) is 31.8. The summed E-state index contributed by atoms with van der Waals surface area (Å²) in [4.78, 5) is 1.59.